The Morgan fingerprint density at radius 3 is 2.50 bits per heavy atom. The lowest BCUT2D eigenvalue weighted by Gasteiger charge is -2.10. The first-order valence-corrected chi connectivity index (χ1v) is 7.26. The van der Waals surface area contributed by atoms with Gasteiger partial charge in [-0.2, -0.15) is 4.90 Å². The number of anilines is 1. The van der Waals surface area contributed by atoms with Gasteiger partial charge in [-0.1, -0.05) is 0 Å². The second-order valence-electron chi connectivity index (χ2n) is 4.46. The third-order valence-electron chi connectivity index (χ3n) is 2.87. The van der Waals surface area contributed by atoms with Gasteiger partial charge in [-0.25, -0.2) is 9.18 Å². The number of nitrogens with zero attached hydrogens (tertiary/aromatic N) is 1. The summed E-state index contributed by atoms with van der Waals surface area (Å²) in [6.45, 7) is 0. The van der Waals surface area contributed by atoms with Gasteiger partial charge >= 0.3 is 6.03 Å². The molecule has 2 rings (SSSR count). The van der Waals surface area contributed by atoms with Crippen LogP contribution in [-0.2, 0) is 14.4 Å². The predicted molar refractivity (Wildman–Crippen MR) is 77.3 cm³/mol. The van der Waals surface area contributed by atoms with Crippen molar-refractivity contribution in [2.45, 2.75) is 11.7 Å². The molecular formula is C13H12FN3O4S. The highest BCUT2D eigenvalue weighted by atomic mass is 32.2. The lowest BCUT2D eigenvalue weighted by molar-refractivity contribution is -0.134. The number of primary amides is 1. The van der Waals surface area contributed by atoms with Crippen molar-refractivity contribution < 1.29 is 23.6 Å². The first-order chi connectivity index (χ1) is 10.4. The van der Waals surface area contributed by atoms with E-state index < -0.39 is 34.8 Å². The Morgan fingerprint density at radius 2 is 1.95 bits per heavy atom. The second kappa shape index (κ2) is 6.56. The van der Waals surface area contributed by atoms with Crippen molar-refractivity contribution >= 4 is 41.2 Å². The van der Waals surface area contributed by atoms with Gasteiger partial charge in [0.15, 0.2) is 0 Å². The Bertz CT molecular complexity index is 635. The zero-order valence-electron chi connectivity index (χ0n) is 11.2. The lowest BCUT2D eigenvalue weighted by atomic mass is 10.3. The quantitative estimate of drug-likeness (QED) is 0.792. The first kappa shape index (κ1) is 16.0. The van der Waals surface area contributed by atoms with Crippen molar-refractivity contribution in [2.24, 2.45) is 5.73 Å². The predicted octanol–water partition coefficient (Wildman–Crippen LogP) is 0.704. The SMILES string of the molecule is NC(=O)N1C(=O)CC(SCC(=O)Nc2ccc(F)cc2)C1=O. The van der Waals surface area contributed by atoms with Crippen molar-refractivity contribution in [1.29, 1.82) is 0 Å². The summed E-state index contributed by atoms with van der Waals surface area (Å²) in [6.07, 6.45) is -0.170. The van der Waals surface area contributed by atoms with E-state index in [-0.39, 0.29) is 12.2 Å². The van der Waals surface area contributed by atoms with Gasteiger partial charge in [0, 0.05) is 12.1 Å². The van der Waals surface area contributed by atoms with Gasteiger partial charge in [0.1, 0.15) is 5.82 Å². The van der Waals surface area contributed by atoms with Crippen LogP contribution in [-0.4, -0.2) is 39.7 Å². The number of nitrogens with two attached hydrogens (primary N) is 1. The van der Waals surface area contributed by atoms with Crippen LogP contribution in [0.3, 0.4) is 0 Å². The molecule has 1 aromatic carbocycles. The van der Waals surface area contributed by atoms with Gasteiger partial charge in [-0.3, -0.25) is 14.4 Å². The van der Waals surface area contributed by atoms with E-state index in [9.17, 15) is 23.6 Å². The minimum absolute atomic E-state index is 0.0896. The fourth-order valence-electron chi connectivity index (χ4n) is 1.87. The molecule has 7 nitrogen and oxygen atoms in total. The van der Waals surface area contributed by atoms with E-state index in [0.29, 0.717) is 10.6 Å². The number of nitrogens with one attached hydrogen (secondary N) is 1. The fourth-order valence-corrected chi connectivity index (χ4v) is 2.81. The summed E-state index contributed by atoms with van der Waals surface area (Å²) in [5.74, 6) is -2.30. The number of imide groups is 3. The van der Waals surface area contributed by atoms with Gasteiger partial charge in [0.2, 0.25) is 11.8 Å². The van der Waals surface area contributed by atoms with Gasteiger partial charge in [0.25, 0.3) is 5.91 Å². The highest BCUT2D eigenvalue weighted by Crippen LogP contribution is 2.25. The number of halogens is 1. The third-order valence-corrected chi connectivity index (χ3v) is 4.07. The Labute approximate surface area is 129 Å². The normalized spacial score (nSPS) is 17.7. The molecule has 9 heteroatoms. The average Bonchev–Trinajstić information content (AvgIpc) is 2.73. The molecule has 1 atom stereocenters. The number of carbonyl (C=O) groups excluding carboxylic acids is 4. The van der Waals surface area contributed by atoms with Gasteiger partial charge in [-0.15, -0.1) is 11.8 Å². The van der Waals surface area contributed by atoms with Crippen LogP contribution in [0.2, 0.25) is 0 Å². The number of urea groups is 1. The smallest absolute Gasteiger partial charge is 0.328 e. The highest BCUT2D eigenvalue weighted by Gasteiger charge is 2.42. The van der Waals surface area contributed by atoms with Crippen LogP contribution in [0.4, 0.5) is 14.9 Å². The Kier molecular flexibility index (Phi) is 4.76. The van der Waals surface area contributed by atoms with Crippen LogP contribution in [0.25, 0.3) is 0 Å². The van der Waals surface area contributed by atoms with Crippen LogP contribution < -0.4 is 11.1 Å². The van der Waals surface area contributed by atoms with Crippen molar-refractivity contribution in [3.05, 3.63) is 30.1 Å². The number of carbonyl (C=O) groups is 4. The van der Waals surface area contributed by atoms with Crippen LogP contribution >= 0.6 is 11.8 Å². The number of rotatable bonds is 4. The minimum atomic E-state index is -1.12. The summed E-state index contributed by atoms with van der Waals surface area (Å²) in [5, 5.41) is 1.72. The van der Waals surface area contributed by atoms with Gasteiger partial charge in [0.05, 0.1) is 11.0 Å². The molecule has 22 heavy (non-hydrogen) atoms. The van der Waals surface area contributed by atoms with E-state index in [2.05, 4.69) is 5.32 Å². The molecular weight excluding hydrogens is 313 g/mol. The molecule has 1 aromatic rings. The molecule has 1 fully saturated rings. The standard InChI is InChI=1S/C13H12FN3O4S/c14-7-1-3-8(4-2-7)16-10(18)6-22-9-5-11(19)17(12(9)20)13(15)21/h1-4,9H,5-6H2,(H2,15,21)(H,16,18). The van der Waals surface area contributed by atoms with Crippen molar-refractivity contribution in [2.75, 3.05) is 11.1 Å². The molecule has 0 radical (unpaired) electrons. The van der Waals surface area contributed by atoms with Crippen molar-refractivity contribution in [1.82, 2.24) is 4.90 Å². The molecule has 1 unspecified atom stereocenters. The molecule has 0 bridgehead atoms. The molecule has 1 saturated heterocycles. The van der Waals surface area contributed by atoms with Crippen LogP contribution in [0.15, 0.2) is 24.3 Å². The van der Waals surface area contributed by atoms with Crippen LogP contribution in [0.1, 0.15) is 6.42 Å². The first-order valence-electron chi connectivity index (χ1n) is 6.21. The van der Waals surface area contributed by atoms with Gasteiger partial charge < -0.3 is 11.1 Å². The fraction of sp³-hybridized carbons (Fsp3) is 0.231. The number of benzene rings is 1. The lowest BCUT2D eigenvalue weighted by Crippen LogP contribution is -2.41. The van der Waals surface area contributed by atoms with E-state index in [1.165, 1.54) is 24.3 Å². The van der Waals surface area contributed by atoms with E-state index in [4.69, 9.17) is 5.73 Å². The van der Waals surface area contributed by atoms with E-state index in [0.717, 1.165) is 11.8 Å². The largest absolute Gasteiger partial charge is 0.351 e. The Morgan fingerprint density at radius 1 is 1.32 bits per heavy atom. The number of likely N-dealkylation sites (tertiary alicyclic amines) is 1. The summed E-state index contributed by atoms with van der Waals surface area (Å²) < 4.78 is 12.7. The van der Waals surface area contributed by atoms with E-state index in [1.807, 2.05) is 0 Å². The second-order valence-corrected chi connectivity index (χ2v) is 5.66. The summed E-state index contributed by atoms with van der Waals surface area (Å²) in [6, 6.07) is 4.08. The van der Waals surface area contributed by atoms with Crippen LogP contribution in [0, 0.1) is 5.82 Å². The molecule has 0 spiro atoms. The van der Waals surface area contributed by atoms with E-state index in [1.54, 1.807) is 0 Å². The summed E-state index contributed by atoms with van der Waals surface area (Å²) >= 11 is 0.942. The Hall–Kier alpha value is -2.42. The summed E-state index contributed by atoms with van der Waals surface area (Å²) in [4.78, 5) is 46.3. The molecule has 0 aromatic heterocycles. The maximum atomic E-state index is 12.7. The zero-order chi connectivity index (χ0) is 16.3. The van der Waals surface area contributed by atoms with Crippen molar-refractivity contribution in [3.8, 4) is 0 Å². The number of hydrogen-bond donors (Lipinski definition) is 2. The molecule has 0 saturated carbocycles. The molecule has 1 heterocycles. The Balaban J connectivity index is 1.86. The molecule has 1 aliphatic heterocycles. The average molecular weight is 325 g/mol. The van der Waals surface area contributed by atoms with Gasteiger partial charge in [-0.05, 0) is 24.3 Å². The monoisotopic (exact) mass is 325 g/mol. The zero-order valence-corrected chi connectivity index (χ0v) is 12.1. The highest BCUT2D eigenvalue weighted by molar-refractivity contribution is 8.01. The summed E-state index contributed by atoms with van der Waals surface area (Å²) in [7, 11) is 0. The molecule has 116 valence electrons. The molecule has 3 N–H and O–H groups in total. The van der Waals surface area contributed by atoms with Crippen LogP contribution in [0.5, 0.6) is 0 Å². The number of hydrogen-bond acceptors (Lipinski definition) is 5. The minimum Gasteiger partial charge on any atom is -0.351 e. The maximum Gasteiger partial charge on any atom is 0.328 e. The third kappa shape index (κ3) is 3.61. The number of thioether (sulfide) groups is 1. The number of amides is 5. The summed E-state index contributed by atoms with van der Waals surface area (Å²) in [5.41, 5.74) is 5.35. The molecule has 0 aliphatic carbocycles. The van der Waals surface area contributed by atoms with E-state index >= 15 is 0 Å². The maximum absolute atomic E-state index is 12.7. The topological polar surface area (TPSA) is 110 Å². The molecule has 5 amide bonds. The van der Waals surface area contributed by atoms with Crippen molar-refractivity contribution in [3.63, 3.8) is 0 Å². The molecule has 1 aliphatic rings.